The van der Waals surface area contributed by atoms with E-state index in [2.05, 4.69) is 20.3 Å². The van der Waals surface area contributed by atoms with Gasteiger partial charge < -0.3 is 10.2 Å². The number of piperidine rings is 1. The van der Waals surface area contributed by atoms with Crippen molar-refractivity contribution in [2.24, 2.45) is 5.92 Å². The fraction of sp³-hybridized carbons (Fsp3) is 0.269. The molecule has 4 aromatic rings. The SMILES string of the molecule is O=C(NCc1cccnc1)C1CCCN(c2nc3cccnc3n(Cc3ccccc3)c2=O)C1. The van der Waals surface area contributed by atoms with Crippen LogP contribution in [0.15, 0.2) is 78.0 Å². The molecular formula is C26H26N6O2. The average molecular weight is 455 g/mol. The van der Waals surface area contributed by atoms with Gasteiger partial charge >= 0.3 is 0 Å². The van der Waals surface area contributed by atoms with Crippen molar-refractivity contribution in [3.63, 3.8) is 0 Å². The second-order valence-corrected chi connectivity index (χ2v) is 8.52. The molecule has 0 spiro atoms. The lowest BCUT2D eigenvalue weighted by molar-refractivity contribution is -0.125. The molecule has 8 nitrogen and oxygen atoms in total. The largest absolute Gasteiger partial charge is 0.352 e. The number of anilines is 1. The summed E-state index contributed by atoms with van der Waals surface area (Å²) in [6, 6.07) is 17.3. The van der Waals surface area contributed by atoms with Crippen molar-refractivity contribution in [1.82, 2.24) is 24.8 Å². The molecule has 5 rings (SSSR count). The van der Waals surface area contributed by atoms with Gasteiger partial charge in [-0.15, -0.1) is 0 Å². The van der Waals surface area contributed by atoms with E-state index in [1.54, 1.807) is 23.2 Å². The summed E-state index contributed by atoms with van der Waals surface area (Å²) in [5.41, 5.74) is 3.00. The zero-order chi connectivity index (χ0) is 23.3. The second kappa shape index (κ2) is 9.82. The molecule has 3 aromatic heterocycles. The van der Waals surface area contributed by atoms with Gasteiger partial charge in [0.25, 0.3) is 5.56 Å². The third-order valence-electron chi connectivity index (χ3n) is 6.15. The van der Waals surface area contributed by atoms with Crippen LogP contribution in [0.2, 0.25) is 0 Å². The van der Waals surface area contributed by atoms with Gasteiger partial charge in [-0.2, -0.15) is 0 Å². The summed E-state index contributed by atoms with van der Waals surface area (Å²) in [5, 5.41) is 3.01. The monoisotopic (exact) mass is 454 g/mol. The quantitative estimate of drug-likeness (QED) is 0.482. The molecule has 1 fully saturated rings. The molecule has 4 heterocycles. The van der Waals surface area contributed by atoms with Gasteiger partial charge in [-0.3, -0.25) is 19.1 Å². The highest BCUT2D eigenvalue weighted by Gasteiger charge is 2.28. The first-order chi connectivity index (χ1) is 16.7. The molecule has 1 atom stereocenters. The maximum Gasteiger partial charge on any atom is 0.295 e. The molecule has 1 unspecified atom stereocenters. The molecule has 1 N–H and O–H groups in total. The maximum absolute atomic E-state index is 13.6. The Kier molecular flexibility index (Phi) is 6.29. The molecule has 0 aliphatic carbocycles. The number of carbonyl (C=O) groups is 1. The smallest absolute Gasteiger partial charge is 0.295 e. The van der Waals surface area contributed by atoms with Crippen LogP contribution in [0.25, 0.3) is 11.2 Å². The standard InChI is InChI=1S/C26H26N6O2/c33-25(29-16-20-9-4-12-27-15-20)21-10-6-14-31(18-21)24-26(34)32(17-19-7-2-1-3-8-19)23-22(30-24)11-5-13-28-23/h1-5,7-9,11-13,15,21H,6,10,14,16-18H2,(H,29,33). The van der Waals surface area contributed by atoms with Crippen molar-refractivity contribution < 1.29 is 4.79 Å². The Bertz CT molecular complexity index is 1340. The summed E-state index contributed by atoms with van der Waals surface area (Å²) in [6.07, 6.45) is 6.73. The summed E-state index contributed by atoms with van der Waals surface area (Å²) in [5.74, 6) is 0.153. The summed E-state index contributed by atoms with van der Waals surface area (Å²) in [4.78, 5) is 41.6. The average Bonchev–Trinajstić information content (AvgIpc) is 2.90. The highest BCUT2D eigenvalue weighted by Crippen LogP contribution is 2.22. The molecule has 0 radical (unpaired) electrons. The Labute approximate surface area is 197 Å². The van der Waals surface area contributed by atoms with Gasteiger partial charge in [-0.1, -0.05) is 36.4 Å². The molecular weight excluding hydrogens is 428 g/mol. The fourth-order valence-electron chi connectivity index (χ4n) is 4.40. The molecule has 1 aromatic carbocycles. The van der Waals surface area contributed by atoms with Crippen LogP contribution < -0.4 is 15.8 Å². The topological polar surface area (TPSA) is 93.0 Å². The Morgan fingerprint density at radius 3 is 2.68 bits per heavy atom. The molecule has 172 valence electrons. The fourth-order valence-corrected chi connectivity index (χ4v) is 4.40. The maximum atomic E-state index is 13.6. The highest BCUT2D eigenvalue weighted by atomic mass is 16.2. The third kappa shape index (κ3) is 4.66. The molecule has 1 saturated heterocycles. The second-order valence-electron chi connectivity index (χ2n) is 8.52. The van der Waals surface area contributed by atoms with E-state index in [1.807, 2.05) is 59.5 Å². The number of nitrogens with zero attached hydrogens (tertiary/aromatic N) is 5. The van der Waals surface area contributed by atoms with Gasteiger partial charge in [0.2, 0.25) is 5.91 Å². The minimum Gasteiger partial charge on any atom is -0.352 e. The Hall–Kier alpha value is -4.07. The molecule has 1 amide bonds. The summed E-state index contributed by atoms with van der Waals surface area (Å²) in [7, 11) is 0. The van der Waals surface area contributed by atoms with Crippen LogP contribution in [-0.4, -0.2) is 38.5 Å². The number of pyridine rings is 2. The molecule has 8 heteroatoms. The van der Waals surface area contributed by atoms with Crippen molar-refractivity contribution in [2.45, 2.75) is 25.9 Å². The summed E-state index contributed by atoms with van der Waals surface area (Å²) < 4.78 is 1.68. The lowest BCUT2D eigenvalue weighted by atomic mass is 9.97. The molecule has 0 saturated carbocycles. The van der Waals surface area contributed by atoms with E-state index in [9.17, 15) is 9.59 Å². The van der Waals surface area contributed by atoms with Crippen molar-refractivity contribution >= 4 is 22.9 Å². The lowest BCUT2D eigenvalue weighted by Gasteiger charge is -2.32. The van der Waals surface area contributed by atoms with E-state index >= 15 is 0 Å². The van der Waals surface area contributed by atoms with Crippen molar-refractivity contribution in [2.75, 3.05) is 18.0 Å². The zero-order valence-corrected chi connectivity index (χ0v) is 18.8. The first kappa shape index (κ1) is 21.8. The number of aromatic nitrogens is 4. The first-order valence-electron chi connectivity index (χ1n) is 11.5. The van der Waals surface area contributed by atoms with Crippen LogP contribution in [0.4, 0.5) is 5.82 Å². The molecule has 34 heavy (non-hydrogen) atoms. The van der Waals surface area contributed by atoms with E-state index < -0.39 is 0 Å². The number of fused-ring (bicyclic) bond motifs is 1. The Morgan fingerprint density at radius 2 is 1.85 bits per heavy atom. The van der Waals surface area contributed by atoms with Crippen LogP contribution in [0.1, 0.15) is 24.0 Å². The molecule has 1 aliphatic heterocycles. The zero-order valence-electron chi connectivity index (χ0n) is 18.8. The van der Waals surface area contributed by atoms with Gasteiger partial charge in [0.15, 0.2) is 11.5 Å². The number of hydrogen-bond donors (Lipinski definition) is 1. The van der Waals surface area contributed by atoms with Crippen LogP contribution in [0.5, 0.6) is 0 Å². The van der Waals surface area contributed by atoms with Crippen LogP contribution >= 0.6 is 0 Å². The highest BCUT2D eigenvalue weighted by molar-refractivity contribution is 5.79. The predicted molar refractivity (Wildman–Crippen MR) is 130 cm³/mol. The van der Waals surface area contributed by atoms with Crippen LogP contribution in [0.3, 0.4) is 0 Å². The minimum atomic E-state index is -0.209. The normalized spacial score (nSPS) is 15.9. The Balaban J connectivity index is 1.40. The first-order valence-corrected chi connectivity index (χ1v) is 11.5. The Morgan fingerprint density at radius 1 is 1.03 bits per heavy atom. The van der Waals surface area contributed by atoms with Gasteiger partial charge in [0, 0.05) is 38.2 Å². The van der Waals surface area contributed by atoms with Gasteiger partial charge in [0.05, 0.1) is 12.5 Å². The number of nitrogens with one attached hydrogen (secondary N) is 1. The number of hydrogen-bond acceptors (Lipinski definition) is 6. The minimum absolute atomic E-state index is 0.0133. The molecule has 0 bridgehead atoms. The summed E-state index contributed by atoms with van der Waals surface area (Å²) >= 11 is 0. The van der Waals surface area contributed by atoms with Crippen molar-refractivity contribution in [3.8, 4) is 0 Å². The van der Waals surface area contributed by atoms with Gasteiger partial charge in [0.1, 0.15) is 5.52 Å². The van der Waals surface area contributed by atoms with E-state index in [-0.39, 0.29) is 17.4 Å². The predicted octanol–water partition coefficient (Wildman–Crippen LogP) is 2.77. The van der Waals surface area contributed by atoms with Crippen LogP contribution in [0, 0.1) is 5.92 Å². The third-order valence-corrected chi connectivity index (χ3v) is 6.15. The van der Waals surface area contributed by atoms with Crippen LogP contribution in [-0.2, 0) is 17.9 Å². The van der Waals surface area contributed by atoms with Crippen molar-refractivity contribution in [3.05, 3.63) is 94.7 Å². The van der Waals surface area contributed by atoms with E-state index in [0.717, 1.165) is 24.0 Å². The summed E-state index contributed by atoms with van der Waals surface area (Å²) in [6.45, 7) is 1.99. The molecule has 1 aliphatic rings. The van der Waals surface area contributed by atoms with E-state index in [0.29, 0.717) is 43.2 Å². The number of carbonyl (C=O) groups excluding carboxylic acids is 1. The van der Waals surface area contributed by atoms with E-state index in [1.165, 1.54) is 0 Å². The number of benzene rings is 1. The van der Waals surface area contributed by atoms with E-state index in [4.69, 9.17) is 0 Å². The lowest BCUT2D eigenvalue weighted by Crippen LogP contribution is -2.45. The van der Waals surface area contributed by atoms with Crippen molar-refractivity contribution in [1.29, 1.82) is 0 Å². The van der Waals surface area contributed by atoms with Gasteiger partial charge in [-0.05, 0) is 42.2 Å². The number of rotatable bonds is 6. The van der Waals surface area contributed by atoms with Gasteiger partial charge in [-0.25, -0.2) is 9.97 Å². The number of amides is 1.